The summed E-state index contributed by atoms with van der Waals surface area (Å²) in [5, 5.41) is 5.97. The van der Waals surface area contributed by atoms with Crippen LogP contribution in [0.15, 0.2) is 41.3 Å². The molecule has 1 aliphatic rings. The van der Waals surface area contributed by atoms with E-state index in [1.807, 2.05) is 36.4 Å². The first kappa shape index (κ1) is 14.7. The van der Waals surface area contributed by atoms with Crippen molar-refractivity contribution in [1.82, 2.24) is 5.32 Å². The van der Waals surface area contributed by atoms with E-state index in [9.17, 15) is 4.79 Å². The highest BCUT2D eigenvalue weighted by molar-refractivity contribution is 8.00. The first-order valence-electron chi connectivity index (χ1n) is 7.24. The summed E-state index contributed by atoms with van der Waals surface area (Å²) in [6, 6.07) is 12.3. The number of nitrogens with one attached hydrogen (secondary N) is 1. The highest BCUT2D eigenvalue weighted by atomic mass is 35.5. The van der Waals surface area contributed by atoms with E-state index >= 15 is 0 Å². The standard InChI is InChI=1S/C17H18ClNOS/c1-11(12-8-9-12)19-16(20)10-21-15-7-3-5-13-4-2-6-14(18)17(13)15/h2-7,11-12H,8-10H2,1H3,(H,19,20). The molecule has 4 heteroatoms. The van der Waals surface area contributed by atoms with E-state index in [0.717, 1.165) is 20.7 Å². The van der Waals surface area contributed by atoms with Crippen LogP contribution in [-0.4, -0.2) is 17.7 Å². The molecule has 0 saturated heterocycles. The van der Waals surface area contributed by atoms with E-state index in [1.54, 1.807) is 11.8 Å². The fourth-order valence-electron chi connectivity index (χ4n) is 2.54. The average molecular weight is 320 g/mol. The maximum absolute atomic E-state index is 12.0. The van der Waals surface area contributed by atoms with Crippen molar-refractivity contribution in [3.63, 3.8) is 0 Å². The lowest BCUT2D eigenvalue weighted by Gasteiger charge is -2.13. The number of carbonyl (C=O) groups is 1. The molecule has 1 atom stereocenters. The van der Waals surface area contributed by atoms with Gasteiger partial charge in [0.25, 0.3) is 0 Å². The fourth-order valence-corrected chi connectivity index (χ4v) is 3.79. The second kappa shape index (κ2) is 6.29. The van der Waals surface area contributed by atoms with Gasteiger partial charge in [-0.3, -0.25) is 4.79 Å². The summed E-state index contributed by atoms with van der Waals surface area (Å²) in [7, 11) is 0. The van der Waals surface area contributed by atoms with E-state index in [0.29, 0.717) is 17.7 Å². The Kier molecular flexibility index (Phi) is 4.41. The Hall–Kier alpha value is -1.19. The van der Waals surface area contributed by atoms with Crippen molar-refractivity contribution in [3.05, 3.63) is 41.4 Å². The average Bonchev–Trinajstić information content (AvgIpc) is 3.30. The van der Waals surface area contributed by atoms with E-state index in [2.05, 4.69) is 12.2 Å². The minimum absolute atomic E-state index is 0.100. The summed E-state index contributed by atoms with van der Waals surface area (Å²) < 4.78 is 0. The van der Waals surface area contributed by atoms with Crippen molar-refractivity contribution in [2.45, 2.75) is 30.7 Å². The predicted octanol–water partition coefficient (Wildman–Crippen LogP) is 4.50. The molecular formula is C17H18ClNOS. The molecule has 110 valence electrons. The number of fused-ring (bicyclic) bond motifs is 1. The third-order valence-electron chi connectivity index (χ3n) is 3.89. The van der Waals surface area contributed by atoms with Crippen LogP contribution >= 0.6 is 23.4 Å². The lowest BCUT2D eigenvalue weighted by atomic mass is 10.1. The molecule has 1 N–H and O–H groups in total. The summed E-state index contributed by atoms with van der Waals surface area (Å²) in [6.45, 7) is 2.09. The van der Waals surface area contributed by atoms with Crippen molar-refractivity contribution in [1.29, 1.82) is 0 Å². The summed E-state index contributed by atoms with van der Waals surface area (Å²) in [5.41, 5.74) is 0. The van der Waals surface area contributed by atoms with Gasteiger partial charge in [-0.1, -0.05) is 35.9 Å². The smallest absolute Gasteiger partial charge is 0.230 e. The second-order valence-corrected chi connectivity index (χ2v) is 7.00. The maximum atomic E-state index is 12.0. The molecule has 0 bridgehead atoms. The topological polar surface area (TPSA) is 29.1 Å². The van der Waals surface area contributed by atoms with Gasteiger partial charge in [0.2, 0.25) is 5.91 Å². The van der Waals surface area contributed by atoms with Crippen molar-refractivity contribution in [2.24, 2.45) is 5.92 Å². The monoisotopic (exact) mass is 319 g/mol. The molecule has 1 unspecified atom stereocenters. The Bertz CT molecular complexity index is 664. The lowest BCUT2D eigenvalue weighted by Crippen LogP contribution is -2.35. The molecule has 21 heavy (non-hydrogen) atoms. The van der Waals surface area contributed by atoms with Gasteiger partial charge in [0, 0.05) is 21.3 Å². The number of benzene rings is 2. The van der Waals surface area contributed by atoms with Gasteiger partial charge in [-0.15, -0.1) is 11.8 Å². The Balaban J connectivity index is 1.69. The number of amides is 1. The molecule has 2 aromatic carbocycles. The zero-order valence-electron chi connectivity index (χ0n) is 11.9. The molecule has 1 amide bonds. The normalized spacial score (nSPS) is 15.9. The highest BCUT2D eigenvalue weighted by Gasteiger charge is 2.28. The Morgan fingerprint density at radius 3 is 2.76 bits per heavy atom. The SMILES string of the molecule is CC(NC(=O)CSc1cccc2cccc(Cl)c12)C1CC1. The number of carbonyl (C=O) groups excluding carboxylic acids is 1. The molecular weight excluding hydrogens is 302 g/mol. The van der Waals surface area contributed by atoms with Gasteiger partial charge < -0.3 is 5.32 Å². The molecule has 2 nitrogen and oxygen atoms in total. The summed E-state index contributed by atoms with van der Waals surface area (Å²) in [6.07, 6.45) is 2.49. The molecule has 1 fully saturated rings. The van der Waals surface area contributed by atoms with Gasteiger partial charge in [-0.25, -0.2) is 0 Å². The van der Waals surface area contributed by atoms with Gasteiger partial charge in [0.05, 0.1) is 5.75 Å². The van der Waals surface area contributed by atoms with Crippen molar-refractivity contribution in [3.8, 4) is 0 Å². The number of hydrogen-bond acceptors (Lipinski definition) is 2. The Morgan fingerprint density at radius 1 is 1.33 bits per heavy atom. The number of hydrogen-bond donors (Lipinski definition) is 1. The van der Waals surface area contributed by atoms with Crippen LogP contribution in [0.3, 0.4) is 0 Å². The molecule has 0 aromatic heterocycles. The van der Waals surface area contributed by atoms with E-state index in [-0.39, 0.29) is 5.91 Å². The summed E-state index contributed by atoms with van der Waals surface area (Å²) in [4.78, 5) is 13.1. The van der Waals surface area contributed by atoms with Crippen molar-refractivity contribution in [2.75, 3.05) is 5.75 Å². The number of halogens is 1. The largest absolute Gasteiger partial charge is 0.353 e. The van der Waals surface area contributed by atoms with Crippen LogP contribution in [0.25, 0.3) is 10.8 Å². The molecule has 3 rings (SSSR count). The summed E-state index contributed by atoms with van der Waals surface area (Å²) >= 11 is 7.85. The molecule has 2 aromatic rings. The third kappa shape index (κ3) is 3.53. The van der Waals surface area contributed by atoms with Crippen LogP contribution in [-0.2, 0) is 4.79 Å². The molecule has 1 saturated carbocycles. The van der Waals surface area contributed by atoms with E-state index in [4.69, 9.17) is 11.6 Å². The van der Waals surface area contributed by atoms with Crippen LogP contribution in [0, 0.1) is 5.92 Å². The number of rotatable bonds is 5. The van der Waals surface area contributed by atoms with Gasteiger partial charge in [0.1, 0.15) is 0 Å². The molecule has 0 radical (unpaired) electrons. The van der Waals surface area contributed by atoms with Crippen LogP contribution < -0.4 is 5.32 Å². The fraction of sp³-hybridized carbons (Fsp3) is 0.353. The van der Waals surface area contributed by atoms with Crippen LogP contribution in [0.4, 0.5) is 0 Å². The highest BCUT2D eigenvalue weighted by Crippen LogP contribution is 2.34. The second-order valence-electron chi connectivity index (χ2n) is 5.58. The zero-order valence-corrected chi connectivity index (χ0v) is 13.5. The predicted molar refractivity (Wildman–Crippen MR) is 90.0 cm³/mol. The molecule has 0 heterocycles. The van der Waals surface area contributed by atoms with Crippen LogP contribution in [0.2, 0.25) is 5.02 Å². The first-order chi connectivity index (χ1) is 10.1. The maximum Gasteiger partial charge on any atom is 0.230 e. The first-order valence-corrected chi connectivity index (χ1v) is 8.61. The molecule has 0 aliphatic heterocycles. The lowest BCUT2D eigenvalue weighted by molar-refractivity contribution is -0.119. The summed E-state index contributed by atoms with van der Waals surface area (Å²) in [5.74, 6) is 1.22. The third-order valence-corrected chi connectivity index (χ3v) is 5.26. The molecule has 1 aliphatic carbocycles. The number of thioether (sulfide) groups is 1. The van der Waals surface area contributed by atoms with Crippen molar-refractivity contribution < 1.29 is 4.79 Å². The molecule has 0 spiro atoms. The van der Waals surface area contributed by atoms with E-state index in [1.165, 1.54) is 12.8 Å². The van der Waals surface area contributed by atoms with E-state index < -0.39 is 0 Å². The van der Waals surface area contributed by atoms with Gasteiger partial charge in [-0.2, -0.15) is 0 Å². The minimum Gasteiger partial charge on any atom is -0.353 e. The zero-order chi connectivity index (χ0) is 14.8. The van der Waals surface area contributed by atoms with Crippen LogP contribution in [0.1, 0.15) is 19.8 Å². The van der Waals surface area contributed by atoms with Gasteiger partial charge in [-0.05, 0) is 43.2 Å². The van der Waals surface area contributed by atoms with Gasteiger partial charge in [0.15, 0.2) is 0 Å². The quantitative estimate of drug-likeness (QED) is 0.822. The van der Waals surface area contributed by atoms with Crippen LogP contribution in [0.5, 0.6) is 0 Å². The minimum atomic E-state index is 0.100. The van der Waals surface area contributed by atoms with Gasteiger partial charge >= 0.3 is 0 Å². The Morgan fingerprint density at radius 2 is 2.05 bits per heavy atom. The Labute approximate surface area is 134 Å². The van der Waals surface area contributed by atoms with Crippen molar-refractivity contribution >= 4 is 40.0 Å².